The minimum Gasteiger partial charge on any atom is -0.375 e. The maximum atomic E-state index is 12.6. The molecule has 0 bridgehead atoms. The van der Waals surface area contributed by atoms with Crippen LogP contribution in [0.2, 0.25) is 0 Å². The monoisotopic (exact) mass is 418 g/mol. The van der Waals surface area contributed by atoms with Crippen LogP contribution in [0.4, 0.5) is 30.2 Å². The largest absolute Gasteiger partial charge is 0.405 e. The first-order chi connectivity index (χ1) is 14.3. The average Bonchev–Trinajstić information content (AvgIpc) is 2.72. The molecule has 158 valence electrons. The summed E-state index contributed by atoms with van der Waals surface area (Å²) in [5, 5.41) is 13.6. The van der Waals surface area contributed by atoms with Gasteiger partial charge in [-0.1, -0.05) is 30.3 Å². The Balaban J connectivity index is 1.96. The molecule has 2 amide bonds. The van der Waals surface area contributed by atoms with Gasteiger partial charge in [-0.25, -0.2) is 0 Å². The molecular weight excluding hydrogens is 397 g/mol. The molecule has 0 heterocycles. The third kappa shape index (κ3) is 7.47. The summed E-state index contributed by atoms with van der Waals surface area (Å²) in [7, 11) is 0. The van der Waals surface area contributed by atoms with Crippen molar-refractivity contribution < 1.29 is 22.8 Å². The molecule has 2 aromatic carbocycles. The van der Waals surface area contributed by atoms with Gasteiger partial charge in [0.1, 0.15) is 6.54 Å². The van der Waals surface area contributed by atoms with Gasteiger partial charge in [0.2, 0.25) is 11.8 Å². The number of benzene rings is 2. The summed E-state index contributed by atoms with van der Waals surface area (Å²) in [6, 6.07) is 16.8. The summed E-state index contributed by atoms with van der Waals surface area (Å²) in [6.45, 7) is -1.03. The molecular formula is C21H21F3N4O2. The highest BCUT2D eigenvalue weighted by atomic mass is 19.4. The van der Waals surface area contributed by atoms with Crippen molar-refractivity contribution in [2.75, 3.05) is 28.6 Å². The Kier molecular flexibility index (Phi) is 8.23. The van der Waals surface area contributed by atoms with Gasteiger partial charge in [0.25, 0.3) is 0 Å². The zero-order chi connectivity index (χ0) is 22.0. The predicted octanol–water partition coefficient (Wildman–Crippen LogP) is 4.33. The summed E-state index contributed by atoms with van der Waals surface area (Å²) in [5.41, 5.74) is 0.956. The summed E-state index contributed by atoms with van der Waals surface area (Å²) in [4.78, 5) is 26.3. The fourth-order valence-corrected chi connectivity index (χ4v) is 2.68. The van der Waals surface area contributed by atoms with Crippen molar-refractivity contribution in [3.05, 3.63) is 54.6 Å². The molecule has 0 aliphatic carbocycles. The van der Waals surface area contributed by atoms with Crippen LogP contribution in [0.25, 0.3) is 0 Å². The van der Waals surface area contributed by atoms with Gasteiger partial charge in [0.05, 0.1) is 23.9 Å². The van der Waals surface area contributed by atoms with E-state index in [9.17, 15) is 22.8 Å². The Morgan fingerprint density at radius 2 is 1.60 bits per heavy atom. The highest BCUT2D eigenvalue weighted by Crippen LogP contribution is 2.24. The van der Waals surface area contributed by atoms with Crippen molar-refractivity contribution in [2.24, 2.45) is 0 Å². The van der Waals surface area contributed by atoms with Crippen molar-refractivity contribution in [3.8, 4) is 6.07 Å². The van der Waals surface area contributed by atoms with Gasteiger partial charge in [-0.3, -0.25) is 9.59 Å². The van der Waals surface area contributed by atoms with Crippen molar-refractivity contribution >= 4 is 28.9 Å². The van der Waals surface area contributed by atoms with Crippen LogP contribution in [0.15, 0.2) is 54.6 Å². The van der Waals surface area contributed by atoms with Crippen molar-refractivity contribution in [3.63, 3.8) is 0 Å². The van der Waals surface area contributed by atoms with Crippen molar-refractivity contribution in [1.29, 1.82) is 5.26 Å². The van der Waals surface area contributed by atoms with Gasteiger partial charge in [-0.2, -0.15) is 18.4 Å². The van der Waals surface area contributed by atoms with Crippen LogP contribution in [-0.4, -0.2) is 31.1 Å². The Hall–Kier alpha value is -3.54. The average molecular weight is 418 g/mol. The number of hydrogen-bond acceptors (Lipinski definition) is 4. The number of nitriles is 1. The number of carbonyl (C=O) groups is 2. The maximum Gasteiger partial charge on any atom is 0.405 e. The number of carbonyl (C=O) groups excluding carboxylic acids is 2. The minimum absolute atomic E-state index is 0.107. The van der Waals surface area contributed by atoms with Crippen LogP contribution in [0, 0.1) is 11.3 Å². The number of halogens is 3. The van der Waals surface area contributed by atoms with E-state index in [0.717, 1.165) is 0 Å². The fourth-order valence-electron chi connectivity index (χ4n) is 2.68. The number of nitrogens with one attached hydrogen (secondary N) is 2. The molecule has 0 saturated carbocycles. The number of nitrogens with zero attached hydrogens (tertiary/aromatic N) is 2. The highest BCUT2D eigenvalue weighted by molar-refractivity contribution is 5.99. The van der Waals surface area contributed by atoms with Crippen molar-refractivity contribution in [1.82, 2.24) is 0 Å². The molecule has 30 heavy (non-hydrogen) atoms. The molecule has 0 fully saturated rings. The first-order valence-electron chi connectivity index (χ1n) is 9.22. The van der Waals surface area contributed by atoms with E-state index >= 15 is 0 Å². The second-order valence-electron chi connectivity index (χ2n) is 6.35. The number of rotatable bonds is 9. The van der Waals surface area contributed by atoms with Gasteiger partial charge in [-0.15, -0.1) is 0 Å². The second kappa shape index (κ2) is 10.9. The van der Waals surface area contributed by atoms with E-state index in [4.69, 9.17) is 5.26 Å². The highest BCUT2D eigenvalue weighted by Gasteiger charge is 2.27. The summed E-state index contributed by atoms with van der Waals surface area (Å²) in [5.74, 6) is -0.826. The Bertz CT molecular complexity index is 895. The van der Waals surface area contributed by atoms with Crippen LogP contribution in [0.5, 0.6) is 0 Å². The lowest BCUT2D eigenvalue weighted by Crippen LogP contribution is -2.32. The lowest BCUT2D eigenvalue weighted by molar-refractivity contribution is -0.122. The van der Waals surface area contributed by atoms with E-state index in [1.54, 1.807) is 42.5 Å². The SMILES string of the molecule is N#CCCN(C(=O)CCC(=O)Nc1ccccc1NCC(F)(F)F)c1ccccc1. The zero-order valence-corrected chi connectivity index (χ0v) is 16.1. The minimum atomic E-state index is -4.39. The lowest BCUT2D eigenvalue weighted by Gasteiger charge is -2.21. The summed E-state index contributed by atoms with van der Waals surface area (Å²) in [6.07, 6.45) is -4.51. The first kappa shape index (κ1) is 22.7. The molecule has 0 unspecified atom stereocenters. The van der Waals surface area contributed by atoms with E-state index in [1.807, 2.05) is 6.07 Å². The summed E-state index contributed by atoms with van der Waals surface area (Å²) < 4.78 is 37.3. The van der Waals surface area contributed by atoms with Gasteiger partial charge < -0.3 is 15.5 Å². The third-order valence-corrected chi connectivity index (χ3v) is 4.06. The normalized spacial score (nSPS) is 10.7. The number of amides is 2. The lowest BCUT2D eigenvalue weighted by atomic mass is 10.2. The van der Waals surface area contributed by atoms with Crippen molar-refractivity contribution in [2.45, 2.75) is 25.4 Å². The van der Waals surface area contributed by atoms with Crippen LogP contribution >= 0.6 is 0 Å². The number of para-hydroxylation sites is 3. The predicted molar refractivity (Wildman–Crippen MR) is 108 cm³/mol. The number of alkyl halides is 3. The van der Waals surface area contributed by atoms with Crippen LogP contribution in [-0.2, 0) is 9.59 Å². The third-order valence-electron chi connectivity index (χ3n) is 4.06. The van der Waals surface area contributed by atoms with Crippen LogP contribution in [0.3, 0.4) is 0 Å². The maximum absolute atomic E-state index is 12.6. The van der Waals surface area contributed by atoms with Gasteiger partial charge in [0, 0.05) is 25.1 Å². The van der Waals surface area contributed by atoms with E-state index in [-0.39, 0.29) is 43.1 Å². The molecule has 0 aliphatic rings. The molecule has 2 aromatic rings. The molecule has 0 radical (unpaired) electrons. The van der Waals surface area contributed by atoms with Gasteiger partial charge >= 0.3 is 6.18 Å². The Morgan fingerprint density at radius 1 is 0.967 bits per heavy atom. The topological polar surface area (TPSA) is 85.2 Å². The molecule has 0 spiro atoms. The first-order valence-corrected chi connectivity index (χ1v) is 9.22. The molecule has 2 rings (SSSR count). The molecule has 6 nitrogen and oxygen atoms in total. The van der Waals surface area contributed by atoms with Crippen LogP contribution in [0.1, 0.15) is 19.3 Å². The fraction of sp³-hybridized carbons (Fsp3) is 0.286. The van der Waals surface area contributed by atoms with E-state index < -0.39 is 18.6 Å². The van der Waals surface area contributed by atoms with E-state index in [2.05, 4.69) is 10.6 Å². The van der Waals surface area contributed by atoms with E-state index in [1.165, 1.54) is 17.0 Å². The van der Waals surface area contributed by atoms with E-state index in [0.29, 0.717) is 5.69 Å². The number of anilines is 3. The molecule has 0 aromatic heterocycles. The second-order valence-corrected chi connectivity index (χ2v) is 6.35. The molecule has 0 saturated heterocycles. The molecule has 0 atom stereocenters. The Morgan fingerprint density at radius 3 is 2.23 bits per heavy atom. The summed E-state index contributed by atoms with van der Waals surface area (Å²) >= 11 is 0. The molecule has 0 aliphatic heterocycles. The number of hydrogen-bond donors (Lipinski definition) is 2. The molecule has 9 heteroatoms. The quantitative estimate of drug-likeness (QED) is 0.635. The van der Waals surface area contributed by atoms with Crippen LogP contribution < -0.4 is 15.5 Å². The standard InChI is InChI=1S/C21H21F3N4O2/c22-21(23,24)15-26-17-9-4-5-10-18(17)27-19(29)11-12-20(30)28(14-6-13-25)16-7-2-1-3-8-16/h1-5,7-10,26H,6,11-12,14-15H2,(H,27,29). The Labute approximate surface area is 172 Å². The smallest absolute Gasteiger partial charge is 0.375 e. The molecule has 2 N–H and O–H groups in total. The zero-order valence-electron chi connectivity index (χ0n) is 16.1. The van der Waals surface area contributed by atoms with Gasteiger partial charge in [0.15, 0.2) is 0 Å². The van der Waals surface area contributed by atoms with Gasteiger partial charge in [-0.05, 0) is 24.3 Å².